The lowest BCUT2D eigenvalue weighted by Gasteiger charge is -2.00. The average Bonchev–Trinajstić information content (AvgIpc) is 2.69. The first kappa shape index (κ1) is 11.1. The lowest BCUT2D eigenvalue weighted by atomic mass is 10.3. The summed E-state index contributed by atoms with van der Waals surface area (Å²) < 4.78 is 3.74. The van der Waals surface area contributed by atoms with Gasteiger partial charge in [-0.05, 0) is 25.2 Å². The molecule has 0 bridgehead atoms. The van der Waals surface area contributed by atoms with Crippen LogP contribution >= 0.6 is 46.8 Å². The third-order valence-electron chi connectivity index (χ3n) is 1.97. The summed E-state index contributed by atoms with van der Waals surface area (Å²) in [4.78, 5) is 0. The van der Waals surface area contributed by atoms with Gasteiger partial charge in [0.05, 0.1) is 9.90 Å². The second kappa shape index (κ2) is 4.25. The Labute approximate surface area is 106 Å². The second-order valence-corrected chi connectivity index (χ2v) is 5.51. The zero-order valence-corrected chi connectivity index (χ0v) is 10.9. The highest BCUT2D eigenvalue weighted by Crippen LogP contribution is 2.37. The highest BCUT2D eigenvalue weighted by Gasteiger charge is 2.14. The molecule has 0 amide bonds. The number of thiophene rings is 1. The van der Waals surface area contributed by atoms with Crippen molar-refractivity contribution >= 4 is 46.8 Å². The molecule has 0 radical (unpaired) electrons. The van der Waals surface area contributed by atoms with Crippen molar-refractivity contribution < 1.29 is 0 Å². The number of hydrogen-bond acceptors (Lipinski definition) is 3. The van der Waals surface area contributed by atoms with Crippen molar-refractivity contribution in [1.82, 2.24) is 14.8 Å². The van der Waals surface area contributed by atoms with Crippen molar-refractivity contribution in [3.63, 3.8) is 0 Å². The first-order chi connectivity index (χ1) is 7.13. The molecule has 3 nitrogen and oxygen atoms in total. The third kappa shape index (κ3) is 1.97. The van der Waals surface area contributed by atoms with Crippen LogP contribution < -0.4 is 0 Å². The Morgan fingerprint density at radius 2 is 2.33 bits per heavy atom. The number of rotatable bonds is 2. The van der Waals surface area contributed by atoms with Crippen LogP contribution in [0.5, 0.6) is 0 Å². The predicted octanol–water partition coefficient (Wildman–Crippen LogP) is 4.00. The summed E-state index contributed by atoms with van der Waals surface area (Å²) in [5.74, 6) is 0.732. The van der Waals surface area contributed by atoms with Gasteiger partial charge in [0.1, 0.15) is 4.34 Å². The summed E-state index contributed by atoms with van der Waals surface area (Å²) in [6, 6.07) is 1.80. The molecule has 15 heavy (non-hydrogen) atoms. The molecule has 2 heterocycles. The molecule has 0 aliphatic carbocycles. The topological polar surface area (TPSA) is 33.6 Å². The maximum absolute atomic E-state index is 6.05. The summed E-state index contributed by atoms with van der Waals surface area (Å²) >= 11 is 18.3. The minimum Gasteiger partial charge on any atom is -0.300 e. The van der Waals surface area contributed by atoms with E-state index in [1.54, 1.807) is 6.07 Å². The standard InChI is InChI=1S/C8H7Cl2N3S2/c1-2-13-7(11-12-8(13)14)4-3-5(9)15-6(4)10/h3H,2H2,1H3,(H,12,14). The molecule has 7 heteroatoms. The Kier molecular flexibility index (Phi) is 3.16. The van der Waals surface area contributed by atoms with Gasteiger partial charge in [0.15, 0.2) is 10.6 Å². The van der Waals surface area contributed by atoms with Crippen LogP contribution in [-0.4, -0.2) is 14.8 Å². The van der Waals surface area contributed by atoms with E-state index in [0.717, 1.165) is 17.9 Å². The van der Waals surface area contributed by atoms with E-state index >= 15 is 0 Å². The Bertz CT molecular complexity index is 540. The van der Waals surface area contributed by atoms with Crippen LogP contribution in [0.3, 0.4) is 0 Å². The molecule has 2 aromatic heterocycles. The molecular weight excluding hydrogens is 273 g/mol. The highest BCUT2D eigenvalue weighted by atomic mass is 35.5. The molecule has 0 fully saturated rings. The van der Waals surface area contributed by atoms with Crippen LogP contribution in [0.2, 0.25) is 8.67 Å². The number of H-pyrrole nitrogens is 1. The fourth-order valence-corrected chi connectivity index (χ4v) is 3.03. The van der Waals surface area contributed by atoms with Gasteiger partial charge in [-0.25, -0.2) is 0 Å². The SMILES string of the molecule is CCn1c(-c2cc(Cl)sc2Cl)n[nH]c1=S. The predicted molar refractivity (Wildman–Crippen MR) is 66.4 cm³/mol. The Morgan fingerprint density at radius 1 is 1.60 bits per heavy atom. The van der Waals surface area contributed by atoms with E-state index in [4.69, 9.17) is 35.4 Å². The van der Waals surface area contributed by atoms with E-state index < -0.39 is 0 Å². The van der Waals surface area contributed by atoms with Crippen molar-refractivity contribution in [3.8, 4) is 11.4 Å². The summed E-state index contributed by atoms with van der Waals surface area (Å²) in [7, 11) is 0. The van der Waals surface area contributed by atoms with Crippen molar-refractivity contribution in [1.29, 1.82) is 0 Å². The largest absolute Gasteiger partial charge is 0.300 e. The molecular formula is C8H7Cl2N3S2. The van der Waals surface area contributed by atoms with Gasteiger partial charge in [-0.2, -0.15) is 5.10 Å². The summed E-state index contributed by atoms with van der Waals surface area (Å²) in [5, 5.41) is 6.88. The van der Waals surface area contributed by atoms with E-state index in [1.807, 2.05) is 11.5 Å². The number of nitrogens with one attached hydrogen (secondary N) is 1. The zero-order chi connectivity index (χ0) is 11.0. The molecule has 0 aromatic carbocycles. The summed E-state index contributed by atoms with van der Waals surface area (Å²) in [6.45, 7) is 2.74. The van der Waals surface area contributed by atoms with E-state index in [9.17, 15) is 0 Å². The molecule has 80 valence electrons. The lowest BCUT2D eigenvalue weighted by Crippen LogP contribution is -1.96. The van der Waals surface area contributed by atoms with Crippen molar-refractivity contribution in [2.75, 3.05) is 0 Å². The third-order valence-corrected chi connectivity index (χ3v) is 3.77. The summed E-state index contributed by atoms with van der Waals surface area (Å²) in [5.41, 5.74) is 0.820. The molecule has 0 atom stereocenters. The van der Waals surface area contributed by atoms with E-state index in [0.29, 0.717) is 13.4 Å². The van der Waals surface area contributed by atoms with Crippen LogP contribution in [-0.2, 0) is 6.54 Å². The smallest absolute Gasteiger partial charge is 0.195 e. The molecule has 0 unspecified atom stereocenters. The Balaban J connectivity index is 2.63. The first-order valence-corrected chi connectivity index (χ1v) is 6.22. The molecule has 0 aliphatic rings. The molecule has 0 spiro atoms. The normalized spacial score (nSPS) is 10.9. The average molecular weight is 280 g/mol. The molecule has 1 N–H and O–H groups in total. The van der Waals surface area contributed by atoms with Gasteiger partial charge in [-0.15, -0.1) is 11.3 Å². The number of aromatic amines is 1. The molecule has 2 rings (SSSR count). The Hall–Kier alpha value is -0.360. The van der Waals surface area contributed by atoms with Crippen molar-refractivity contribution in [3.05, 3.63) is 19.5 Å². The highest BCUT2D eigenvalue weighted by molar-refractivity contribution is 7.71. The zero-order valence-electron chi connectivity index (χ0n) is 7.75. The monoisotopic (exact) mass is 279 g/mol. The van der Waals surface area contributed by atoms with Crippen molar-refractivity contribution in [2.45, 2.75) is 13.5 Å². The van der Waals surface area contributed by atoms with Gasteiger partial charge in [0.2, 0.25) is 0 Å². The maximum Gasteiger partial charge on any atom is 0.195 e. The van der Waals surface area contributed by atoms with Gasteiger partial charge in [0.25, 0.3) is 0 Å². The number of halogens is 2. The maximum atomic E-state index is 6.05. The molecule has 0 saturated carbocycles. The van der Waals surface area contributed by atoms with Crippen LogP contribution in [0.25, 0.3) is 11.4 Å². The molecule has 0 aliphatic heterocycles. The van der Waals surface area contributed by atoms with Gasteiger partial charge in [0, 0.05) is 6.54 Å². The lowest BCUT2D eigenvalue weighted by molar-refractivity contribution is 0.756. The number of hydrogen-bond donors (Lipinski definition) is 1. The fraction of sp³-hybridized carbons (Fsp3) is 0.250. The fourth-order valence-electron chi connectivity index (χ4n) is 1.31. The van der Waals surface area contributed by atoms with Gasteiger partial charge >= 0.3 is 0 Å². The van der Waals surface area contributed by atoms with Gasteiger partial charge in [-0.3, -0.25) is 5.10 Å². The van der Waals surface area contributed by atoms with Crippen LogP contribution in [0.4, 0.5) is 0 Å². The van der Waals surface area contributed by atoms with Gasteiger partial charge in [-0.1, -0.05) is 23.2 Å². The summed E-state index contributed by atoms with van der Waals surface area (Å²) in [6.07, 6.45) is 0. The number of nitrogens with zero attached hydrogens (tertiary/aromatic N) is 2. The van der Waals surface area contributed by atoms with Crippen molar-refractivity contribution in [2.24, 2.45) is 0 Å². The van der Waals surface area contributed by atoms with Crippen LogP contribution in [0.1, 0.15) is 6.92 Å². The van der Waals surface area contributed by atoms with E-state index in [1.165, 1.54) is 11.3 Å². The minimum atomic E-state index is 0.589. The molecule has 2 aromatic rings. The van der Waals surface area contributed by atoms with Crippen LogP contribution in [0.15, 0.2) is 6.07 Å². The number of aromatic nitrogens is 3. The van der Waals surface area contributed by atoms with E-state index in [2.05, 4.69) is 10.2 Å². The second-order valence-electron chi connectivity index (χ2n) is 2.83. The first-order valence-electron chi connectivity index (χ1n) is 4.24. The van der Waals surface area contributed by atoms with Crippen LogP contribution in [0, 0.1) is 4.77 Å². The molecule has 0 saturated heterocycles. The van der Waals surface area contributed by atoms with Gasteiger partial charge < -0.3 is 4.57 Å². The van der Waals surface area contributed by atoms with E-state index in [-0.39, 0.29) is 0 Å². The quantitative estimate of drug-likeness (QED) is 0.844. The minimum absolute atomic E-state index is 0.589. The Morgan fingerprint density at radius 3 is 2.87 bits per heavy atom.